The Morgan fingerprint density at radius 2 is 2.00 bits per heavy atom. The summed E-state index contributed by atoms with van der Waals surface area (Å²) >= 11 is 0. The molecule has 1 fully saturated rings. The highest BCUT2D eigenvalue weighted by Crippen LogP contribution is 2.37. The number of nitrogens with zero attached hydrogens (tertiary/aromatic N) is 1. The van der Waals surface area contributed by atoms with E-state index in [1.54, 1.807) is 7.11 Å². The van der Waals surface area contributed by atoms with Crippen LogP contribution in [0.1, 0.15) is 26.2 Å². The molecule has 0 aliphatic heterocycles. The van der Waals surface area contributed by atoms with Gasteiger partial charge in [-0.05, 0) is 49.9 Å². The zero-order valence-corrected chi connectivity index (χ0v) is 12.9. The van der Waals surface area contributed by atoms with E-state index in [1.165, 1.54) is 12.8 Å². The number of methoxy groups -OCH3 is 1. The van der Waals surface area contributed by atoms with Crippen molar-refractivity contribution in [2.45, 2.75) is 32.2 Å². The van der Waals surface area contributed by atoms with Crippen molar-refractivity contribution in [1.82, 2.24) is 0 Å². The van der Waals surface area contributed by atoms with Gasteiger partial charge in [-0.15, -0.1) is 12.4 Å². The zero-order chi connectivity index (χ0) is 13.8. The van der Waals surface area contributed by atoms with Gasteiger partial charge in [0.25, 0.3) is 0 Å². The molecule has 1 aromatic rings. The van der Waals surface area contributed by atoms with Crippen LogP contribution in [0.4, 0.5) is 5.69 Å². The van der Waals surface area contributed by atoms with E-state index in [0.29, 0.717) is 18.9 Å². The molecule has 2 rings (SSSR count). The van der Waals surface area contributed by atoms with Crippen molar-refractivity contribution < 1.29 is 9.53 Å². The van der Waals surface area contributed by atoms with Gasteiger partial charge in [0.15, 0.2) is 0 Å². The monoisotopic (exact) mass is 298 g/mol. The van der Waals surface area contributed by atoms with Gasteiger partial charge in [0.2, 0.25) is 5.91 Å². The molecule has 1 aliphatic carbocycles. The molecular weight excluding hydrogens is 276 g/mol. The molecule has 1 atom stereocenters. The number of hydrogen-bond donors (Lipinski definition) is 1. The molecule has 5 heteroatoms. The first-order chi connectivity index (χ1) is 9.17. The summed E-state index contributed by atoms with van der Waals surface area (Å²) in [4.78, 5) is 14.2. The first-order valence-electron chi connectivity index (χ1n) is 6.83. The van der Waals surface area contributed by atoms with Crippen LogP contribution in [-0.2, 0) is 4.79 Å². The minimum Gasteiger partial charge on any atom is -0.497 e. The van der Waals surface area contributed by atoms with Gasteiger partial charge in [-0.3, -0.25) is 4.79 Å². The summed E-state index contributed by atoms with van der Waals surface area (Å²) in [5, 5.41) is 0. The summed E-state index contributed by atoms with van der Waals surface area (Å²) in [7, 11) is 1.64. The fourth-order valence-electron chi connectivity index (χ4n) is 2.38. The lowest BCUT2D eigenvalue weighted by atomic mass is 10.1. The van der Waals surface area contributed by atoms with Crippen molar-refractivity contribution in [3.05, 3.63) is 24.3 Å². The molecule has 4 nitrogen and oxygen atoms in total. The first kappa shape index (κ1) is 16.8. The maximum Gasteiger partial charge on any atom is 0.228 e. The van der Waals surface area contributed by atoms with Gasteiger partial charge < -0.3 is 15.4 Å². The normalized spacial score (nSPS) is 15.2. The fourth-order valence-corrected chi connectivity index (χ4v) is 2.38. The van der Waals surface area contributed by atoms with Crippen LogP contribution in [0.2, 0.25) is 0 Å². The topological polar surface area (TPSA) is 55.6 Å². The third-order valence-electron chi connectivity index (χ3n) is 3.69. The highest BCUT2D eigenvalue weighted by atomic mass is 35.5. The third-order valence-corrected chi connectivity index (χ3v) is 3.69. The van der Waals surface area contributed by atoms with Crippen LogP contribution in [0.25, 0.3) is 0 Å². The number of halogens is 1. The number of benzene rings is 1. The first-order valence-corrected chi connectivity index (χ1v) is 6.83. The summed E-state index contributed by atoms with van der Waals surface area (Å²) < 4.78 is 5.15. The van der Waals surface area contributed by atoms with E-state index in [-0.39, 0.29) is 24.4 Å². The lowest BCUT2D eigenvalue weighted by Crippen LogP contribution is -2.40. The quantitative estimate of drug-likeness (QED) is 0.878. The fraction of sp³-hybridized carbons (Fsp3) is 0.533. The van der Waals surface area contributed by atoms with E-state index in [0.717, 1.165) is 11.4 Å². The van der Waals surface area contributed by atoms with Crippen LogP contribution in [0.5, 0.6) is 5.75 Å². The molecule has 20 heavy (non-hydrogen) atoms. The Kier molecular flexibility index (Phi) is 6.30. The summed E-state index contributed by atoms with van der Waals surface area (Å²) in [5.41, 5.74) is 6.44. The van der Waals surface area contributed by atoms with Gasteiger partial charge in [0.1, 0.15) is 5.75 Å². The molecule has 0 aromatic heterocycles. The lowest BCUT2D eigenvalue weighted by Gasteiger charge is -2.29. The molecule has 0 spiro atoms. The Morgan fingerprint density at radius 1 is 1.40 bits per heavy atom. The Morgan fingerprint density at radius 3 is 2.45 bits per heavy atom. The summed E-state index contributed by atoms with van der Waals surface area (Å²) in [6.07, 6.45) is 2.82. The Hall–Kier alpha value is -1.26. The number of carbonyl (C=O) groups excluding carboxylic acids is 1. The van der Waals surface area contributed by atoms with E-state index in [2.05, 4.69) is 6.92 Å². The summed E-state index contributed by atoms with van der Waals surface area (Å²) in [5.74, 6) is 1.53. The Bertz CT molecular complexity index is 432. The predicted molar refractivity (Wildman–Crippen MR) is 83.6 cm³/mol. The van der Waals surface area contributed by atoms with Crippen molar-refractivity contribution in [3.63, 3.8) is 0 Å². The SMILES string of the molecule is COc1ccc(N(C(=O)CCN)C(C)C2CC2)cc1.Cl. The average molecular weight is 299 g/mol. The number of carbonyl (C=O) groups is 1. The number of nitrogens with two attached hydrogens (primary N) is 1. The third kappa shape index (κ3) is 3.87. The van der Waals surface area contributed by atoms with Crippen LogP contribution in [0, 0.1) is 5.92 Å². The Balaban J connectivity index is 0.00000200. The summed E-state index contributed by atoms with van der Waals surface area (Å²) in [6, 6.07) is 7.89. The molecule has 1 amide bonds. The molecule has 0 heterocycles. The van der Waals surface area contributed by atoms with Crippen molar-refractivity contribution >= 4 is 24.0 Å². The second-order valence-corrected chi connectivity index (χ2v) is 5.08. The molecule has 0 radical (unpaired) electrons. The Labute approximate surface area is 126 Å². The number of amides is 1. The van der Waals surface area contributed by atoms with Crippen molar-refractivity contribution in [2.24, 2.45) is 11.7 Å². The van der Waals surface area contributed by atoms with E-state index >= 15 is 0 Å². The van der Waals surface area contributed by atoms with Crippen LogP contribution in [0.15, 0.2) is 24.3 Å². The largest absolute Gasteiger partial charge is 0.497 e. The average Bonchev–Trinajstić information content (AvgIpc) is 3.24. The minimum absolute atomic E-state index is 0. The number of ether oxygens (including phenoxy) is 1. The highest BCUT2D eigenvalue weighted by molar-refractivity contribution is 5.94. The van der Waals surface area contributed by atoms with E-state index < -0.39 is 0 Å². The van der Waals surface area contributed by atoms with E-state index in [1.807, 2.05) is 29.2 Å². The smallest absolute Gasteiger partial charge is 0.228 e. The maximum atomic E-state index is 12.3. The summed E-state index contributed by atoms with van der Waals surface area (Å²) in [6.45, 7) is 2.51. The second-order valence-electron chi connectivity index (χ2n) is 5.08. The molecule has 1 aliphatic rings. The number of rotatable bonds is 6. The zero-order valence-electron chi connectivity index (χ0n) is 12.0. The second kappa shape index (κ2) is 7.50. The van der Waals surface area contributed by atoms with E-state index in [4.69, 9.17) is 10.5 Å². The van der Waals surface area contributed by atoms with Gasteiger partial charge in [-0.25, -0.2) is 0 Å². The van der Waals surface area contributed by atoms with Gasteiger partial charge >= 0.3 is 0 Å². The van der Waals surface area contributed by atoms with E-state index in [9.17, 15) is 4.79 Å². The number of hydrogen-bond acceptors (Lipinski definition) is 3. The molecule has 0 bridgehead atoms. The van der Waals surface area contributed by atoms with Gasteiger partial charge in [-0.1, -0.05) is 0 Å². The number of anilines is 1. The van der Waals surface area contributed by atoms with Crippen LogP contribution < -0.4 is 15.4 Å². The van der Waals surface area contributed by atoms with Crippen LogP contribution >= 0.6 is 12.4 Å². The van der Waals surface area contributed by atoms with Crippen molar-refractivity contribution in [1.29, 1.82) is 0 Å². The van der Waals surface area contributed by atoms with Gasteiger partial charge in [-0.2, -0.15) is 0 Å². The molecule has 1 saturated carbocycles. The molecule has 1 unspecified atom stereocenters. The molecule has 0 saturated heterocycles. The maximum absolute atomic E-state index is 12.3. The molecule has 2 N–H and O–H groups in total. The van der Waals surface area contributed by atoms with Crippen molar-refractivity contribution in [2.75, 3.05) is 18.6 Å². The minimum atomic E-state index is 0. The predicted octanol–water partition coefficient (Wildman–Crippen LogP) is 2.60. The molecule has 1 aromatic carbocycles. The standard InChI is InChI=1S/C15H22N2O2.ClH/c1-11(12-3-4-12)17(15(18)9-10-16)13-5-7-14(19-2)8-6-13;/h5-8,11-12H,3-4,9-10,16H2,1-2H3;1H. The highest BCUT2D eigenvalue weighted by Gasteiger charge is 2.34. The van der Waals surface area contributed by atoms with Gasteiger partial charge in [0, 0.05) is 24.7 Å². The van der Waals surface area contributed by atoms with Gasteiger partial charge in [0.05, 0.1) is 7.11 Å². The van der Waals surface area contributed by atoms with Crippen LogP contribution in [-0.4, -0.2) is 25.6 Å². The molecule has 112 valence electrons. The van der Waals surface area contributed by atoms with Crippen LogP contribution in [0.3, 0.4) is 0 Å². The molecular formula is C15H23ClN2O2. The van der Waals surface area contributed by atoms with Crippen molar-refractivity contribution in [3.8, 4) is 5.75 Å². The lowest BCUT2D eigenvalue weighted by molar-refractivity contribution is -0.118.